The molecule has 1 atom stereocenters. The SMILES string of the molecule is N=C(N)c1csc(CNC(=O)C2CC=CN2)c1. The lowest BCUT2D eigenvalue weighted by atomic mass is 10.2. The zero-order valence-electron chi connectivity index (χ0n) is 9.19. The fraction of sp³-hybridized carbons (Fsp3) is 0.273. The molecule has 0 spiro atoms. The molecule has 1 aromatic heterocycles. The van der Waals surface area contributed by atoms with Crippen LogP contribution in [0.25, 0.3) is 0 Å². The topological polar surface area (TPSA) is 91.0 Å². The Bertz CT molecular complexity index is 458. The minimum atomic E-state index is -0.151. The van der Waals surface area contributed by atoms with Crippen molar-refractivity contribution >= 4 is 23.1 Å². The molecule has 6 heteroatoms. The van der Waals surface area contributed by atoms with Crippen molar-refractivity contribution < 1.29 is 4.79 Å². The molecule has 0 fully saturated rings. The molecule has 17 heavy (non-hydrogen) atoms. The number of nitrogens with one attached hydrogen (secondary N) is 3. The van der Waals surface area contributed by atoms with Crippen molar-refractivity contribution in [3.63, 3.8) is 0 Å². The van der Waals surface area contributed by atoms with Crippen LogP contribution in [0.2, 0.25) is 0 Å². The number of carbonyl (C=O) groups is 1. The highest BCUT2D eigenvalue weighted by atomic mass is 32.1. The number of nitrogen functional groups attached to an aromatic ring is 1. The maximum atomic E-state index is 11.7. The lowest BCUT2D eigenvalue weighted by Crippen LogP contribution is -2.39. The predicted octanol–water partition coefficient (Wildman–Crippen LogP) is 0.524. The third-order valence-electron chi connectivity index (χ3n) is 2.51. The van der Waals surface area contributed by atoms with Gasteiger partial charge in [-0.15, -0.1) is 11.3 Å². The van der Waals surface area contributed by atoms with Crippen LogP contribution >= 0.6 is 11.3 Å². The maximum absolute atomic E-state index is 11.7. The maximum Gasteiger partial charge on any atom is 0.243 e. The molecule has 0 saturated carbocycles. The number of rotatable bonds is 4. The van der Waals surface area contributed by atoms with Gasteiger partial charge in [0.05, 0.1) is 6.54 Å². The molecule has 1 aromatic rings. The highest BCUT2D eigenvalue weighted by Gasteiger charge is 2.18. The first-order valence-corrected chi connectivity index (χ1v) is 6.15. The lowest BCUT2D eigenvalue weighted by Gasteiger charge is -2.10. The van der Waals surface area contributed by atoms with Crippen LogP contribution < -0.4 is 16.4 Å². The summed E-state index contributed by atoms with van der Waals surface area (Å²) >= 11 is 1.49. The van der Waals surface area contributed by atoms with Crippen LogP contribution in [0.1, 0.15) is 16.9 Å². The molecule has 0 aromatic carbocycles. The van der Waals surface area contributed by atoms with Gasteiger partial charge in [-0.05, 0) is 18.7 Å². The van der Waals surface area contributed by atoms with E-state index in [0.717, 1.165) is 11.3 Å². The van der Waals surface area contributed by atoms with Crippen molar-refractivity contribution in [2.45, 2.75) is 19.0 Å². The molecule has 1 aliphatic rings. The van der Waals surface area contributed by atoms with E-state index in [2.05, 4.69) is 10.6 Å². The summed E-state index contributed by atoms with van der Waals surface area (Å²) in [4.78, 5) is 12.7. The molecule has 2 rings (SSSR count). The van der Waals surface area contributed by atoms with E-state index in [4.69, 9.17) is 11.1 Å². The van der Waals surface area contributed by atoms with Crippen LogP contribution in [0.5, 0.6) is 0 Å². The minimum absolute atomic E-state index is 0.00669. The fourth-order valence-corrected chi connectivity index (χ4v) is 2.37. The Morgan fingerprint density at radius 2 is 2.53 bits per heavy atom. The molecular weight excluding hydrogens is 236 g/mol. The minimum Gasteiger partial charge on any atom is -0.384 e. The van der Waals surface area contributed by atoms with Crippen molar-refractivity contribution in [1.82, 2.24) is 10.6 Å². The van der Waals surface area contributed by atoms with Crippen molar-refractivity contribution in [2.75, 3.05) is 0 Å². The van der Waals surface area contributed by atoms with E-state index in [1.807, 2.05) is 17.5 Å². The van der Waals surface area contributed by atoms with E-state index in [-0.39, 0.29) is 17.8 Å². The summed E-state index contributed by atoms with van der Waals surface area (Å²) in [5.74, 6) is 0.0493. The van der Waals surface area contributed by atoms with Crippen LogP contribution in [0.3, 0.4) is 0 Å². The van der Waals surface area contributed by atoms with Gasteiger partial charge in [0.2, 0.25) is 5.91 Å². The average molecular weight is 250 g/mol. The number of carbonyl (C=O) groups excluding carboxylic acids is 1. The summed E-state index contributed by atoms with van der Waals surface area (Å²) in [6.07, 6.45) is 4.46. The summed E-state index contributed by atoms with van der Waals surface area (Å²) in [6.45, 7) is 0.481. The Morgan fingerprint density at radius 1 is 1.71 bits per heavy atom. The van der Waals surface area contributed by atoms with Crippen molar-refractivity contribution in [1.29, 1.82) is 5.41 Å². The second-order valence-electron chi connectivity index (χ2n) is 3.79. The first-order valence-electron chi connectivity index (χ1n) is 5.27. The van der Waals surface area contributed by atoms with Crippen LogP contribution in [0.4, 0.5) is 0 Å². The molecule has 0 bridgehead atoms. The van der Waals surface area contributed by atoms with E-state index in [1.165, 1.54) is 11.3 Å². The third kappa shape index (κ3) is 2.85. The Hall–Kier alpha value is -1.82. The summed E-state index contributed by atoms with van der Waals surface area (Å²) in [7, 11) is 0. The first-order chi connectivity index (χ1) is 8.16. The molecular formula is C11H14N4OS. The Labute approximate surface area is 103 Å². The zero-order chi connectivity index (χ0) is 12.3. The predicted molar refractivity (Wildman–Crippen MR) is 67.9 cm³/mol. The van der Waals surface area contributed by atoms with E-state index < -0.39 is 0 Å². The van der Waals surface area contributed by atoms with Gasteiger partial charge >= 0.3 is 0 Å². The number of thiophene rings is 1. The van der Waals surface area contributed by atoms with E-state index in [0.29, 0.717) is 12.1 Å². The molecule has 2 heterocycles. The zero-order valence-corrected chi connectivity index (χ0v) is 10.0. The second-order valence-corrected chi connectivity index (χ2v) is 4.79. The van der Waals surface area contributed by atoms with Gasteiger partial charge in [0.15, 0.2) is 0 Å². The van der Waals surface area contributed by atoms with Gasteiger partial charge in [-0.2, -0.15) is 0 Å². The van der Waals surface area contributed by atoms with Crippen LogP contribution in [-0.2, 0) is 11.3 Å². The smallest absolute Gasteiger partial charge is 0.243 e. The molecule has 5 nitrogen and oxygen atoms in total. The highest BCUT2D eigenvalue weighted by molar-refractivity contribution is 7.10. The summed E-state index contributed by atoms with van der Waals surface area (Å²) in [5.41, 5.74) is 6.08. The number of amidine groups is 1. The van der Waals surface area contributed by atoms with Crippen molar-refractivity contribution in [3.05, 3.63) is 34.2 Å². The van der Waals surface area contributed by atoms with Gasteiger partial charge in [0, 0.05) is 15.8 Å². The van der Waals surface area contributed by atoms with Gasteiger partial charge < -0.3 is 16.4 Å². The summed E-state index contributed by atoms with van der Waals surface area (Å²) in [6, 6.07) is 1.68. The van der Waals surface area contributed by atoms with Crippen LogP contribution in [0, 0.1) is 5.41 Å². The van der Waals surface area contributed by atoms with Crippen molar-refractivity contribution in [2.24, 2.45) is 5.73 Å². The van der Waals surface area contributed by atoms with Crippen LogP contribution in [-0.4, -0.2) is 17.8 Å². The standard InChI is InChI=1S/C11H14N4OS/c12-10(13)7-4-8(17-6-7)5-15-11(16)9-2-1-3-14-9/h1,3-4,6,9,14H,2,5H2,(H3,12,13)(H,15,16). The van der Waals surface area contributed by atoms with Crippen LogP contribution in [0.15, 0.2) is 23.7 Å². The molecule has 5 N–H and O–H groups in total. The Balaban J connectivity index is 1.84. The Morgan fingerprint density at radius 3 is 3.12 bits per heavy atom. The van der Waals surface area contributed by atoms with Gasteiger partial charge in [-0.1, -0.05) is 6.08 Å². The lowest BCUT2D eigenvalue weighted by molar-refractivity contribution is -0.122. The van der Waals surface area contributed by atoms with Gasteiger partial charge in [-0.25, -0.2) is 0 Å². The van der Waals surface area contributed by atoms with Gasteiger partial charge in [-0.3, -0.25) is 10.2 Å². The highest BCUT2D eigenvalue weighted by Crippen LogP contribution is 2.14. The molecule has 0 radical (unpaired) electrons. The average Bonchev–Trinajstić information content (AvgIpc) is 2.97. The fourth-order valence-electron chi connectivity index (χ4n) is 1.55. The third-order valence-corrected chi connectivity index (χ3v) is 3.44. The molecule has 1 aliphatic heterocycles. The largest absolute Gasteiger partial charge is 0.384 e. The molecule has 0 aliphatic carbocycles. The summed E-state index contributed by atoms with van der Waals surface area (Å²) in [5, 5.41) is 14.9. The van der Waals surface area contributed by atoms with E-state index in [1.54, 1.807) is 6.20 Å². The molecule has 1 unspecified atom stereocenters. The second kappa shape index (κ2) is 5.01. The van der Waals surface area contributed by atoms with E-state index in [9.17, 15) is 4.79 Å². The number of nitrogens with two attached hydrogens (primary N) is 1. The van der Waals surface area contributed by atoms with Gasteiger partial charge in [0.25, 0.3) is 0 Å². The number of hydrogen-bond acceptors (Lipinski definition) is 4. The monoisotopic (exact) mass is 250 g/mol. The van der Waals surface area contributed by atoms with Gasteiger partial charge in [0.1, 0.15) is 11.9 Å². The quantitative estimate of drug-likeness (QED) is 0.464. The normalized spacial score (nSPS) is 17.8. The first kappa shape index (κ1) is 11.7. The Kier molecular flexibility index (Phi) is 3.43. The molecule has 1 amide bonds. The molecule has 90 valence electrons. The van der Waals surface area contributed by atoms with Crippen molar-refractivity contribution in [3.8, 4) is 0 Å². The summed E-state index contributed by atoms with van der Waals surface area (Å²) < 4.78 is 0. The number of hydrogen-bond donors (Lipinski definition) is 4. The number of amides is 1. The molecule has 0 saturated heterocycles. The van der Waals surface area contributed by atoms with E-state index >= 15 is 0 Å².